The fourth-order valence-corrected chi connectivity index (χ4v) is 1.71. The van der Waals surface area contributed by atoms with Crippen molar-refractivity contribution in [3.8, 4) is 0 Å². The maximum Gasteiger partial charge on any atom is 0.305 e. The fourth-order valence-electron chi connectivity index (χ4n) is 1.17. The van der Waals surface area contributed by atoms with Gasteiger partial charge in [-0.25, -0.2) is 8.42 Å². The molecule has 7 heteroatoms. The average molecular weight is 265 g/mol. The van der Waals surface area contributed by atoms with E-state index in [-0.39, 0.29) is 12.4 Å². The molecule has 0 radical (unpaired) electrons. The Hall–Kier alpha value is -1.11. The minimum atomic E-state index is -3.38. The first-order valence-corrected chi connectivity index (χ1v) is 7.16. The summed E-state index contributed by atoms with van der Waals surface area (Å²) in [7, 11) is -0.566. The van der Waals surface area contributed by atoms with Crippen LogP contribution in [0.25, 0.3) is 0 Å². The number of methoxy groups -OCH3 is 1. The number of sulfone groups is 1. The molecule has 0 saturated carbocycles. The summed E-state index contributed by atoms with van der Waals surface area (Å²) in [5.41, 5.74) is 0. The molecule has 6 nitrogen and oxygen atoms in total. The molecule has 0 bridgehead atoms. The van der Waals surface area contributed by atoms with Crippen LogP contribution in [-0.2, 0) is 24.2 Å². The van der Waals surface area contributed by atoms with E-state index in [0.717, 1.165) is 6.26 Å². The number of carbonyl (C=O) groups is 2. The zero-order chi connectivity index (χ0) is 13.6. The summed E-state index contributed by atoms with van der Waals surface area (Å²) >= 11 is 0. The van der Waals surface area contributed by atoms with Crippen molar-refractivity contribution in [1.82, 2.24) is 4.90 Å². The van der Waals surface area contributed by atoms with E-state index in [1.165, 1.54) is 26.0 Å². The number of hydrogen-bond donors (Lipinski definition) is 0. The van der Waals surface area contributed by atoms with Crippen molar-refractivity contribution >= 4 is 21.7 Å². The second kappa shape index (κ2) is 6.58. The molecule has 1 amide bonds. The Kier molecular flexibility index (Phi) is 6.15. The first-order chi connectivity index (χ1) is 7.70. The highest BCUT2D eigenvalue weighted by Gasteiger charge is 2.26. The summed E-state index contributed by atoms with van der Waals surface area (Å²) < 4.78 is 26.8. The summed E-state index contributed by atoms with van der Waals surface area (Å²) in [5.74, 6) is -0.806. The van der Waals surface area contributed by atoms with Gasteiger partial charge in [0.1, 0.15) is 5.25 Å². The standard InChI is InChI=1S/C10H19NO5S/c1-8(17(4,14)15)10(13)11(2)7-5-6-9(12)16-3/h8H,5-7H2,1-4H3. The number of esters is 1. The van der Waals surface area contributed by atoms with Gasteiger partial charge in [-0.1, -0.05) is 0 Å². The lowest BCUT2D eigenvalue weighted by Crippen LogP contribution is -2.39. The number of carbonyl (C=O) groups excluding carboxylic acids is 2. The highest BCUT2D eigenvalue weighted by Crippen LogP contribution is 2.04. The highest BCUT2D eigenvalue weighted by molar-refractivity contribution is 7.92. The van der Waals surface area contributed by atoms with Gasteiger partial charge in [0.25, 0.3) is 0 Å². The van der Waals surface area contributed by atoms with Crippen molar-refractivity contribution in [2.75, 3.05) is 27.0 Å². The number of amides is 1. The van der Waals surface area contributed by atoms with Crippen LogP contribution in [-0.4, -0.2) is 57.4 Å². The predicted molar refractivity (Wildman–Crippen MR) is 63.2 cm³/mol. The molecule has 1 atom stereocenters. The van der Waals surface area contributed by atoms with Crippen LogP contribution >= 0.6 is 0 Å². The van der Waals surface area contributed by atoms with Gasteiger partial charge >= 0.3 is 5.97 Å². The Morgan fingerprint density at radius 3 is 2.29 bits per heavy atom. The number of ether oxygens (including phenoxy) is 1. The monoisotopic (exact) mass is 265 g/mol. The van der Waals surface area contributed by atoms with Gasteiger partial charge in [0.05, 0.1) is 7.11 Å². The van der Waals surface area contributed by atoms with E-state index in [9.17, 15) is 18.0 Å². The van der Waals surface area contributed by atoms with Crippen LogP contribution in [0.5, 0.6) is 0 Å². The zero-order valence-electron chi connectivity index (χ0n) is 10.6. The summed E-state index contributed by atoms with van der Waals surface area (Å²) in [5, 5.41) is -1.05. The minimum absolute atomic E-state index is 0.210. The van der Waals surface area contributed by atoms with Crippen molar-refractivity contribution in [2.24, 2.45) is 0 Å². The van der Waals surface area contributed by atoms with Gasteiger partial charge < -0.3 is 9.64 Å². The maximum absolute atomic E-state index is 11.7. The lowest BCUT2D eigenvalue weighted by molar-refractivity contribution is -0.141. The van der Waals surface area contributed by atoms with Crippen molar-refractivity contribution in [3.05, 3.63) is 0 Å². The SMILES string of the molecule is COC(=O)CCCN(C)C(=O)C(C)S(C)(=O)=O. The molecule has 0 aliphatic carbocycles. The number of hydrogen-bond acceptors (Lipinski definition) is 5. The Balaban J connectivity index is 4.20. The van der Waals surface area contributed by atoms with Crippen molar-refractivity contribution < 1.29 is 22.7 Å². The molecule has 0 fully saturated rings. The van der Waals surface area contributed by atoms with E-state index < -0.39 is 21.0 Å². The Labute approximate surface area is 102 Å². The third-order valence-corrected chi connectivity index (χ3v) is 3.95. The Bertz CT molecular complexity index is 376. The van der Waals surface area contributed by atoms with Gasteiger partial charge in [-0.2, -0.15) is 0 Å². The lowest BCUT2D eigenvalue weighted by Gasteiger charge is -2.20. The normalized spacial score (nSPS) is 12.9. The van der Waals surface area contributed by atoms with Gasteiger partial charge in [0.15, 0.2) is 9.84 Å². The molecule has 0 heterocycles. The maximum atomic E-state index is 11.7. The van der Waals surface area contributed by atoms with Crippen LogP contribution in [0.1, 0.15) is 19.8 Å². The Morgan fingerprint density at radius 2 is 1.88 bits per heavy atom. The van der Waals surface area contributed by atoms with E-state index in [1.54, 1.807) is 0 Å². The topological polar surface area (TPSA) is 80.8 Å². The Morgan fingerprint density at radius 1 is 1.35 bits per heavy atom. The molecule has 0 N–H and O–H groups in total. The van der Waals surface area contributed by atoms with E-state index >= 15 is 0 Å². The van der Waals surface area contributed by atoms with Crippen LogP contribution in [0.4, 0.5) is 0 Å². The molecular weight excluding hydrogens is 246 g/mol. The molecule has 0 aliphatic rings. The van der Waals surface area contributed by atoms with Crippen molar-refractivity contribution in [3.63, 3.8) is 0 Å². The molecular formula is C10H19NO5S. The highest BCUT2D eigenvalue weighted by atomic mass is 32.2. The second-order valence-corrected chi connectivity index (χ2v) is 6.28. The molecule has 0 aliphatic heterocycles. The molecule has 17 heavy (non-hydrogen) atoms. The predicted octanol–water partition coefficient (Wildman–Crippen LogP) is -0.169. The molecule has 0 aromatic heterocycles. The van der Waals surface area contributed by atoms with Gasteiger partial charge in [-0.3, -0.25) is 9.59 Å². The summed E-state index contributed by atoms with van der Waals surface area (Å²) in [4.78, 5) is 23.8. The summed E-state index contributed by atoms with van der Waals surface area (Å²) in [6.45, 7) is 1.68. The number of rotatable bonds is 6. The second-order valence-electron chi connectivity index (χ2n) is 3.91. The minimum Gasteiger partial charge on any atom is -0.469 e. The van der Waals surface area contributed by atoms with Crippen molar-refractivity contribution in [1.29, 1.82) is 0 Å². The van der Waals surface area contributed by atoms with E-state index in [0.29, 0.717) is 13.0 Å². The summed E-state index contributed by atoms with van der Waals surface area (Å²) in [6.07, 6.45) is 1.69. The molecule has 0 saturated heterocycles. The van der Waals surface area contributed by atoms with Crippen LogP contribution in [0.3, 0.4) is 0 Å². The van der Waals surface area contributed by atoms with Crippen molar-refractivity contribution in [2.45, 2.75) is 25.0 Å². The summed E-state index contributed by atoms with van der Waals surface area (Å²) in [6, 6.07) is 0. The quantitative estimate of drug-likeness (QED) is 0.623. The van der Waals surface area contributed by atoms with Crippen LogP contribution in [0.2, 0.25) is 0 Å². The van der Waals surface area contributed by atoms with Gasteiger partial charge in [0, 0.05) is 26.3 Å². The molecule has 0 aromatic rings. The molecule has 1 unspecified atom stereocenters. The first kappa shape index (κ1) is 15.9. The van der Waals surface area contributed by atoms with E-state index in [2.05, 4.69) is 4.74 Å². The largest absolute Gasteiger partial charge is 0.469 e. The van der Waals surface area contributed by atoms with E-state index in [4.69, 9.17) is 0 Å². The van der Waals surface area contributed by atoms with Crippen LogP contribution < -0.4 is 0 Å². The first-order valence-electron chi connectivity index (χ1n) is 5.20. The van der Waals surface area contributed by atoms with Crippen LogP contribution in [0, 0.1) is 0 Å². The van der Waals surface area contributed by atoms with Gasteiger partial charge in [0.2, 0.25) is 5.91 Å². The van der Waals surface area contributed by atoms with Crippen LogP contribution in [0.15, 0.2) is 0 Å². The average Bonchev–Trinajstić information content (AvgIpc) is 2.25. The van der Waals surface area contributed by atoms with E-state index in [1.807, 2.05) is 0 Å². The molecule has 0 spiro atoms. The smallest absolute Gasteiger partial charge is 0.305 e. The molecule has 0 rings (SSSR count). The van der Waals surface area contributed by atoms with Gasteiger partial charge in [-0.15, -0.1) is 0 Å². The number of nitrogens with zero attached hydrogens (tertiary/aromatic N) is 1. The van der Waals surface area contributed by atoms with Gasteiger partial charge in [-0.05, 0) is 13.3 Å². The lowest BCUT2D eigenvalue weighted by atomic mass is 10.3. The zero-order valence-corrected chi connectivity index (χ0v) is 11.4. The third kappa shape index (κ3) is 5.67. The fraction of sp³-hybridized carbons (Fsp3) is 0.800. The molecule has 100 valence electrons. The third-order valence-electron chi connectivity index (χ3n) is 2.47. The molecule has 0 aromatic carbocycles.